The van der Waals surface area contributed by atoms with E-state index in [0.717, 1.165) is 31.2 Å². The van der Waals surface area contributed by atoms with Crippen molar-refractivity contribution >= 4 is 11.8 Å². The SMILES string of the molecule is CCCNC(CCc1ccc2c(c1)CCO2)C1CCSC1. The number of nitrogens with one attached hydrogen (secondary N) is 1. The molecule has 2 atom stereocenters. The van der Waals surface area contributed by atoms with Gasteiger partial charge in [0, 0.05) is 12.5 Å². The molecule has 116 valence electrons. The molecule has 1 aromatic rings. The molecule has 0 aliphatic carbocycles. The van der Waals surface area contributed by atoms with Crippen molar-refractivity contribution in [3.05, 3.63) is 29.3 Å². The Balaban J connectivity index is 1.57. The number of hydrogen-bond donors (Lipinski definition) is 1. The summed E-state index contributed by atoms with van der Waals surface area (Å²) in [5, 5.41) is 3.80. The van der Waals surface area contributed by atoms with Gasteiger partial charge >= 0.3 is 0 Å². The summed E-state index contributed by atoms with van der Waals surface area (Å²) in [5.74, 6) is 4.68. The first-order chi connectivity index (χ1) is 10.4. The largest absolute Gasteiger partial charge is 0.493 e. The third kappa shape index (κ3) is 3.95. The van der Waals surface area contributed by atoms with E-state index in [0.29, 0.717) is 6.04 Å². The van der Waals surface area contributed by atoms with Gasteiger partial charge in [-0.1, -0.05) is 19.1 Å². The lowest BCUT2D eigenvalue weighted by atomic mass is 9.92. The molecule has 0 bridgehead atoms. The van der Waals surface area contributed by atoms with Crippen molar-refractivity contribution in [2.45, 2.75) is 45.1 Å². The smallest absolute Gasteiger partial charge is 0.122 e. The second kappa shape index (κ2) is 7.55. The van der Waals surface area contributed by atoms with E-state index in [4.69, 9.17) is 4.74 Å². The third-order valence-corrected chi connectivity index (χ3v) is 5.88. The van der Waals surface area contributed by atoms with Crippen molar-refractivity contribution in [1.82, 2.24) is 5.32 Å². The lowest BCUT2D eigenvalue weighted by Crippen LogP contribution is -2.37. The second-order valence-corrected chi connectivity index (χ2v) is 7.41. The molecule has 2 aliphatic heterocycles. The molecule has 1 fully saturated rings. The summed E-state index contributed by atoms with van der Waals surface area (Å²) in [6, 6.07) is 7.48. The summed E-state index contributed by atoms with van der Waals surface area (Å²) in [6.07, 6.45) is 6.16. The van der Waals surface area contributed by atoms with E-state index >= 15 is 0 Å². The summed E-state index contributed by atoms with van der Waals surface area (Å²) in [4.78, 5) is 0. The number of hydrogen-bond acceptors (Lipinski definition) is 3. The minimum absolute atomic E-state index is 0.699. The molecule has 2 nitrogen and oxygen atoms in total. The molecule has 0 spiro atoms. The summed E-state index contributed by atoms with van der Waals surface area (Å²) < 4.78 is 5.60. The Bertz CT molecular complexity index is 457. The minimum Gasteiger partial charge on any atom is -0.493 e. The minimum atomic E-state index is 0.699. The molecule has 21 heavy (non-hydrogen) atoms. The van der Waals surface area contributed by atoms with Gasteiger partial charge in [-0.2, -0.15) is 11.8 Å². The molecule has 0 aromatic heterocycles. The fourth-order valence-corrected chi connectivity index (χ4v) is 4.76. The van der Waals surface area contributed by atoms with Crippen LogP contribution in [-0.2, 0) is 12.8 Å². The molecule has 0 amide bonds. The van der Waals surface area contributed by atoms with Crippen LogP contribution in [0.4, 0.5) is 0 Å². The van der Waals surface area contributed by atoms with E-state index in [1.165, 1.54) is 48.3 Å². The quantitative estimate of drug-likeness (QED) is 0.830. The van der Waals surface area contributed by atoms with Crippen LogP contribution in [0.3, 0.4) is 0 Å². The molecule has 3 rings (SSSR count). The number of benzene rings is 1. The predicted molar refractivity (Wildman–Crippen MR) is 91.5 cm³/mol. The fourth-order valence-electron chi connectivity index (χ4n) is 3.42. The van der Waals surface area contributed by atoms with Crippen LogP contribution < -0.4 is 10.1 Å². The average molecular weight is 305 g/mol. The Morgan fingerprint density at radius 2 is 2.38 bits per heavy atom. The van der Waals surface area contributed by atoms with Crippen LogP contribution in [0, 0.1) is 5.92 Å². The van der Waals surface area contributed by atoms with Crippen LogP contribution in [0.25, 0.3) is 0 Å². The maximum Gasteiger partial charge on any atom is 0.122 e. The topological polar surface area (TPSA) is 21.3 Å². The summed E-state index contributed by atoms with van der Waals surface area (Å²) >= 11 is 2.13. The standard InChI is InChI=1S/C18H27NOS/c1-2-9-19-17(16-8-11-21-13-16)5-3-14-4-6-18-15(12-14)7-10-20-18/h4,6,12,16-17,19H,2-3,5,7-11,13H2,1H3. The van der Waals surface area contributed by atoms with Crippen molar-refractivity contribution in [1.29, 1.82) is 0 Å². The van der Waals surface area contributed by atoms with Crippen LogP contribution in [0.5, 0.6) is 5.75 Å². The molecule has 1 N–H and O–H groups in total. The molecule has 3 heteroatoms. The lowest BCUT2D eigenvalue weighted by molar-refractivity contribution is 0.356. The van der Waals surface area contributed by atoms with Crippen LogP contribution in [0.15, 0.2) is 18.2 Å². The van der Waals surface area contributed by atoms with Crippen LogP contribution in [0.1, 0.15) is 37.3 Å². The Hall–Kier alpha value is -0.670. The zero-order chi connectivity index (χ0) is 14.5. The molecule has 0 saturated carbocycles. The van der Waals surface area contributed by atoms with Gasteiger partial charge < -0.3 is 10.1 Å². The van der Waals surface area contributed by atoms with Crippen LogP contribution in [-0.4, -0.2) is 30.7 Å². The van der Waals surface area contributed by atoms with Gasteiger partial charge in [-0.15, -0.1) is 0 Å². The maximum absolute atomic E-state index is 5.60. The Kier molecular flexibility index (Phi) is 5.48. The number of rotatable bonds is 7. The van der Waals surface area contributed by atoms with Gasteiger partial charge in [0.25, 0.3) is 0 Å². The maximum atomic E-state index is 5.60. The van der Waals surface area contributed by atoms with Crippen molar-refractivity contribution in [3.8, 4) is 5.75 Å². The van der Waals surface area contributed by atoms with E-state index in [1.807, 2.05) is 0 Å². The summed E-state index contributed by atoms with van der Waals surface area (Å²) in [7, 11) is 0. The zero-order valence-corrected chi connectivity index (χ0v) is 13.9. The fraction of sp³-hybridized carbons (Fsp3) is 0.667. The van der Waals surface area contributed by atoms with Gasteiger partial charge in [0.1, 0.15) is 5.75 Å². The highest BCUT2D eigenvalue weighted by atomic mass is 32.2. The summed E-state index contributed by atoms with van der Waals surface area (Å²) in [6.45, 7) is 4.27. The third-order valence-electron chi connectivity index (χ3n) is 4.69. The van der Waals surface area contributed by atoms with Gasteiger partial charge in [0.05, 0.1) is 6.61 Å². The Morgan fingerprint density at radius 1 is 1.43 bits per heavy atom. The molecule has 2 aliphatic rings. The van der Waals surface area contributed by atoms with Crippen molar-refractivity contribution < 1.29 is 4.74 Å². The molecule has 2 unspecified atom stereocenters. The van der Waals surface area contributed by atoms with Gasteiger partial charge in [-0.3, -0.25) is 0 Å². The van der Waals surface area contributed by atoms with Crippen molar-refractivity contribution in [2.75, 3.05) is 24.7 Å². The molecular weight excluding hydrogens is 278 g/mol. The molecule has 1 saturated heterocycles. The second-order valence-electron chi connectivity index (χ2n) is 6.26. The highest BCUT2D eigenvalue weighted by Gasteiger charge is 2.24. The Morgan fingerprint density at radius 3 is 3.19 bits per heavy atom. The van der Waals surface area contributed by atoms with E-state index in [1.54, 1.807) is 0 Å². The first kappa shape index (κ1) is 15.2. The van der Waals surface area contributed by atoms with Crippen LogP contribution in [0.2, 0.25) is 0 Å². The van der Waals surface area contributed by atoms with E-state index < -0.39 is 0 Å². The zero-order valence-electron chi connectivity index (χ0n) is 13.1. The average Bonchev–Trinajstić information content (AvgIpc) is 3.18. The molecule has 1 aromatic carbocycles. The first-order valence-corrected chi connectivity index (χ1v) is 9.58. The van der Waals surface area contributed by atoms with Gasteiger partial charge in [-0.25, -0.2) is 0 Å². The van der Waals surface area contributed by atoms with E-state index in [-0.39, 0.29) is 0 Å². The monoisotopic (exact) mass is 305 g/mol. The van der Waals surface area contributed by atoms with E-state index in [9.17, 15) is 0 Å². The Labute approximate surface area is 133 Å². The number of ether oxygens (including phenoxy) is 1. The number of thioether (sulfide) groups is 1. The van der Waals surface area contributed by atoms with Crippen molar-refractivity contribution in [2.24, 2.45) is 5.92 Å². The van der Waals surface area contributed by atoms with E-state index in [2.05, 4.69) is 42.2 Å². The number of aryl methyl sites for hydroxylation is 1. The van der Waals surface area contributed by atoms with Crippen molar-refractivity contribution in [3.63, 3.8) is 0 Å². The van der Waals surface area contributed by atoms with Gasteiger partial charge in [-0.05, 0) is 66.8 Å². The highest BCUT2D eigenvalue weighted by Crippen LogP contribution is 2.29. The number of fused-ring (bicyclic) bond motifs is 1. The summed E-state index contributed by atoms with van der Waals surface area (Å²) in [5.41, 5.74) is 2.88. The van der Waals surface area contributed by atoms with Gasteiger partial charge in [0.15, 0.2) is 0 Å². The highest BCUT2D eigenvalue weighted by molar-refractivity contribution is 7.99. The predicted octanol–water partition coefficient (Wildman–Crippen LogP) is 3.68. The normalized spacial score (nSPS) is 22.0. The lowest BCUT2D eigenvalue weighted by Gasteiger charge is -2.24. The molecular formula is C18H27NOS. The molecule has 2 heterocycles. The van der Waals surface area contributed by atoms with Crippen LogP contribution >= 0.6 is 11.8 Å². The first-order valence-electron chi connectivity index (χ1n) is 8.42. The molecule has 0 radical (unpaired) electrons. The van der Waals surface area contributed by atoms with Gasteiger partial charge in [0.2, 0.25) is 0 Å².